The lowest BCUT2D eigenvalue weighted by atomic mass is 10.1. The minimum atomic E-state index is -4.30. The molecule has 0 radical (unpaired) electrons. The van der Waals surface area contributed by atoms with Crippen molar-refractivity contribution in [3.63, 3.8) is 0 Å². The standard InChI is InChI=1S/C22H29FN3O9P/c1-12(2)33-21(29)14(4)25-36(31,35-15-8-6-5-7-9-15)32-11-16-17(23)18(27)20(34-16)26-10-13(3)19(28)24-22(26)30/h5-10,12,14,16-18,20,27H,11H2,1-4H3,(H,25,31)(H,24,28,30)/t14-,16?,17-,18-,20+,36?/m0/s1. The largest absolute Gasteiger partial charge is 0.462 e. The molecular formula is C22H29FN3O9P. The maximum absolute atomic E-state index is 14.9. The zero-order chi connectivity index (χ0) is 26.6. The highest BCUT2D eigenvalue weighted by atomic mass is 31.2. The van der Waals surface area contributed by atoms with Gasteiger partial charge in [-0.1, -0.05) is 18.2 Å². The summed E-state index contributed by atoms with van der Waals surface area (Å²) < 4.78 is 50.8. The minimum absolute atomic E-state index is 0.146. The average molecular weight is 529 g/mol. The fourth-order valence-corrected chi connectivity index (χ4v) is 4.86. The molecule has 0 amide bonds. The number of rotatable bonds is 10. The molecule has 1 fully saturated rings. The van der Waals surface area contributed by atoms with Gasteiger partial charge in [-0.05, 0) is 39.8 Å². The molecule has 2 aromatic rings. The summed E-state index contributed by atoms with van der Waals surface area (Å²) >= 11 is 0. The van der Waals surface area contributed by atoms with Crippen LogP contribution in [-0.4, -0.2) is 57.8 Å². The fourth-order valence-electron chi connectivity index (χ4n) is 3.35. The van der Waals surface area contributed by atoms with Crippen LogP contribution in [0, 0.1) is 6.92 Å². The first-order chi connectivity index (χ1) is 16.9. The van der Waals surface area contributed by atoms with Gasteiger partial charge < -0.3 is 19.1 Å². The zero-order valence-corrected chi connectivity index (χ0v) is 21.0. The number of para-hydroxylation sites is 1. The lowest BCUT2D eigenvalue weighted by Gasteiger charge is -2.24. The number of hydrogen-bond acceptors (Lipinski definition) is 9. The number of H-pyrrole nitrogens is 1. The van der Waals surface area contributed by atoms with Crippen molar-refractivity contribution in [2.45, 2.75) is 64.4 Å². The van der Waals surface area contributed by atoms with Crippen molar-refractivity contribution in [1.29, 1.82) is 0 Å². The number of nitrogens with zero attached hydrogens (tertiary/aromatic N) is 1. The molecule has 0 aliphatic carbocycles. The Hall–Kier alpha value is -2.83. The van der Waals surface area contributed by atoms with E-state index >= 15 is 0 Å². The maximum Gasteiger partial charge on any atom is 0.459 e. The molecule has 1 saturated heterocycles. The average Bonchev–Trinajstić information content (AvgIpc) is 3.08. The van der Waals surface area contributed by atoms with Gasteiger partial charge in [0.05, 0.1) is 12.7 Å². The van der Waals surface area contributed by atoms with Crippen molar-refractivity contribution in [3.05, 3.63) is 62.9 Å². The molecular weight excluding hydrogens is 500 g/mol. The van der Waals surface area contributed by atoms with Crippen molar-refractivity contribution < 1.29 is 37.4 Å². The van der Waals surface area contributed by atoms with Gasteiger partial charge >= 0.3 is 19.4 Å². The van der Waals surface area contributed by atoms with Crippen LogP contribution >= 0.6 is 7.75 Å². The summed E-state index contributed by atoms with van der Waals surface area (Å²) in [5.74, 6) is -0.565. The third-order valence-electron chi connectivity index (χ3n) is 5.14. The molecule has 1 aliphatic rings. The summed E-state index contributed by atoms with van der Waals surface area (Å²) in [5.41, 5.74) is -1.39. The Morgan fingerprint density at radius 2 is 1.94 bits per heavy atom. The molecule has 0 saturated carbocycles. The molecule has 14 heteroatoms. The number of aliphatic hydroxyl groups excluding tert-OH is 1. The smallest absolute Gasteiger partial charge is 0.459 e. The number of aromatic amines is 1. The molecule has 2 unspecified atom stereocenters. The fraction of sp³-hybridized carbons (Fsp3) is 0.500. The van der Waals surface area contributed by atoms with E-state index in [1.165, 1.54) is 26.0 Å². The first kappa shape index (κ1) is 27.8. The van der Waals surface area contributed by atoms with Crippen molar-refractivity contribution >= 4 is 13.7 Å². The number of carbonyl (C=O) groups excluding carboxylic acids is 1. The topological polar surface area (TPSA) is 158 Å². The molecule has 0 spiro atoms. The molecule has 0 bridgehead atoms. The highest BCUT2D eigenvalue weighted by Crippen LogP contribution is 2.46. The Balaban J connectivity index is 1.77. The first-order valence-corrected chi connectivity index (χ1v) is 12.7. The third kappa shape index (κ3) is 6.68. The van der Waals surface area contributed by atoms with Gasteiger partial charge in [0.2, 0.25) is 0 Å². The quantitative estimate of drug-likeness (QED) is 0.305. The van der Waals surface area contributed by atoms with Crippen LogP contribution in [0.2, 0.25) is 0 Å². The Kier molecular flexibility index (Phi) is 8.85. The van der Waals surface area contributed by atoms with Crippen LogP contribution in [0.25, 0.3) is 0 Å². The van der Waals surface area contributed by atoms with E-state index in [0.29, 0.717) is 0 Å². The normalized spacial score (nSPS) is 24.3. The van der Waals surface area contributed by atoms with E-state index in [0.717, 1.165) is 10.8 Å². The van der Waals surface area contributed by atoms with Crippen LogP contribution in [0.5, 0.6) is 5.75 Å². The van der Waals surface area contributed by atoms with E-state index in [-0.39, 0.29) is 11.3 Å². The second kappa shape index (κ2) is 11.5. The number of hydrogen-bond donors (Lipinski definition) is 3. The Morgan fingerprint density at radius 3 is 2.58 bits per heavy atom. The number of aryl methyl sites for hydroxylation is 1. The van der Waals surface area contributed by atoms with Gasteiger partial charge in [0.25, 0.3) is 5.56 Å². The van der Waals surface area contributed by atoms with E-state index in [4.69, 9.17) is 18.5 Å². The number of esters is 1. The van der Waals surface area contributed by atoms with Crippen molar-refractivity contribution in [2.75, 3.05) is 6.61 Å². The van der Waals surface area contributed by atoms with Crippen LogP contribution < -0.4 is 20.9 Å². The summed E-state index contributed by atoms with van der Waals surface area (Å²) in [6, 6.07) is 6.84. The van der Waals surface area contributed by atoms with E-state index in [1.807, 2.05) is 0 Å². The Morgan fingerprint density at radius 1 is 1.28 bits per heavy atom. The Bertz CT molecular complexity index is 1220. The number of carbonyl (C=O) groups is 1. The van der Waals surface area contributed by atoms with E-state index < -0.39 is 68.3 Å². The van der Waals surface area contributed by atoms with Crippen LogP contribution in [0.15, 0.2) is 46.1 Å². The van der Waals surface area contributed by atoms with Crippen LogP contribution in [-0.2, 0) is 23.4 Å². The zero-order valence-electron chi connectivity index (χ0n) is 20.1. The highest BCUT2D eigenvalue weighted by molar-refractivity contribution is 7.52. The third-order valence-corrected chi connectivity index (χ3v) is 6.79. The number of nitrogens with one attached hydrogen (secondary N) is 2. The molecule has 12 nitrogen and oxygen atoms in total. The molecule has 2 heterocycles. The SMILES string of the molecule is Cc1cn([C@@H]2OC(COP(=O)(N[C@@H](C)C(=O)OC(C)C)Oc3ccccc3)[C@H](F)[C@@H]2O)c(=O)[nH]c1=O. The van der Waals surface area contributed by atoms with E-state index in [1.54, 1.807) is 32.0 Å². The number of alkyl halides is 1. The van der Waals surface area contributed by atoms with Gasteiger partial charge in [0, 0.05) is 11.8 Å². The molecule has 198 valence electrons. The van der Waals surface area contributed by atoms with Gasteiger partial charge in [-0.25, -0.2) is 13.8 Å². The molecule has 1 aliphatic heterocycles. The summed E-state index contributed by atoms with van der Waals surface area (Å²) in [7, 11) is -4.30. The molecule has 3 N–H and O–H groups in total. The molecule has 6 atom stereocenters. The van der Waals surface area contributed by atoms with Crippen molar-refractivity contribution in [1.82, 2.24) is 14.6 Å². The lowest BCUT2D eigenvalue weighted by Crippen LogP contribution is -2.37. The first-order valence-electron chi connectivity index (χ1n) is 11.2. The summed E-state index contributed by atoms with van der Waals surface area (Å²) in [6.45, 7) is 5.45. The van der Waals surface area contributed by atoms with Gasteiger partial charge in [0.15, 0.2) is 12.4 Å². The van der Waals surface area contributed by atoms with Crippen molar-refractivity contribution in [2.24, 2.45) is 0 Å². The number of halogens is 1. The number of aromatic nitrogens is 2. The molecule has 36 heavy (non-hydrogen) atoms. The lowest BCUT2D eigenvalue weighted by molar-refractivity contribution is -0.149. The summed E-state index contributed by atoms with van der Waals surface area (Å²) in [4.78, 5) is 38.1. The second-order valence-corrected chi connectivity index (χ2v) is 10.2. The number of ether oxygens (including phenoxy) is 2. The van der Waals surface area contributed by atoms with E-state index in [2.05, 4.69) is 10.1 Å². The van der Waals surface area contributed by atoms with Gasteiger partial charge in [-0.2, -0.15) is 5.09 Å². The predicted octanol–water partition coefficient (Wildman–Crippen LogP) is 1.57. The highest BCUT2D eigenvalue weighted by Gasteiger charge is 2.47. The number of aliphatic hydroxyl groups is 1. The van der Waals surface area contributed by atoms with Crippen molar-refractivity contribution in [3.8, 4) is 5.75 Å². The van der Waals surface area contributed by atoms with Gasteiger partial charge in [0.1, 0.15) is 24.0 Å². The van der Waals surface area contributed by atoms with Gasteiger partial charge in [-0.3, -0.25) is 23.7 Å². The molecule has 1 aromatic heterocycles. The van der Waals surface area contributed by atoms with Gasteiger partial charge in [-0.15, -0.1) is 0 Å². The number of benzene rings is 1. The second-order valence-electron chi connectivity index (χ2n) is 8.51. The minimum Gasteiger partial charge on any atom is -0.462 e. The van der Waals surface area contributed by atoms with Crippen LogP contribution in [0.4, 0.5) is 4.39 Å². The Labute approximate surface area is 205 Å². The summed E-state index contributed by atoms with van der Waals surface area (Å²) in [5, 5.41) is 12.8. The monoisotopic (exact) mass is 529 g/mol. The van der Waals surface area contributed by atoms with E-state index in [9.17, 15) is 28.4 Å². The summed E-state index contributed by atoms with van der Waals surface area (Å²) in [6.07, 6.45) is -6.05. The predicted molar refractivity (Wildman–Crippen MR) is 125 cm³/mol. The maximum atomic E-state index is 14.9. The molecule has 1 aromatic carbocycles. The van der Waals surface area contributed by atoms with Crippen LogP contribution in [0.3, 0.4) is 0 Å². The van der Waals surface area contributed by atoms with Crippen LogP contribution in [0.1, 0.15) is 32.6 Å². The molecule has 3 rings (SSSR count).